The molecular weight excluding hydrogens is 295 g/mol. The standard InChI is InChI=1S/C10H12BrClN2O2/c11-7-3-6(1-2-8(7)12)4-14-5-9(15)10(13)16/h1-3,9,14-15H,4-5H2,(H2,13,16). The van der Waals surface area contributed by atoms with E-state index in [1.54, 1.807) is 6.07 Å². The first-order valence-electron chi connectivity index (χ1n) is 4.62. The average molecular weight is 308 g/mol. The number of nitrogens with one attached hydrogen (secondary N) is 1. The normalized spacial score (nSPS) is 12.4. The van der Waals surface area contributed by atoms with Gasteiger partial charge in [-0.1, -0.05) is 17.7 Å². The minimum atomic E-state index is -1.16. The quantitative estimate of drug-likeness (QED) is 0.761. The average Bonchev–Trinajstić information content (AvgIpc) is 2.23. The maximum atomic E-state index is 10.5. The topological polar surface area (TPSA) is 75.4 Å². The second kappa shape index (κ2) is 6.20. The zero-order valence-electron chi connectivity index (χ0n) is 8.41. The molecule has 0 saturated heterocycles. The van der Waals surface area contributed by atoms with E-state index < -0.39 is 12.0 Å². The molecule has 0 aliphatic rings. The van der Waals surface area contributed by atoms with Crippen LogP contribution in [0.1, 0.15) is 5.56 Å². The fourth-order valence-electron chi connectivity index (χ4n) is 1.10. The molecule has 0 aliphatic carbocycles. The van der Waals surface area contributed by atoms with Crippen LogP contribution in [0.2, 0.25) is 5.02 Å². The summed E-state index contributed by atoms with van der Waals surface area (Å²) in [6.07, 6.45) is -1.16. The monoisotopic (exact) mass is 306 g/mol. The molecule has 0 radical (unpaired) electrons. The molecule has 1 rings (SSSR count). The molecule has 1 aromatic carbocycles. The SMILES string of the molecule is NC(=O)C(O)CNCc1ccc(Cl)c(Br)c1. The molecule has 0 aromatic heterocycles. The van der Waals surface area contributed by atoms with Crippen LogP contribution in [0.15, 0.2) is 22.7 Å². The molecule has 0 spiro atoms. The molecule has 4 N–H and O–H groups in total. The molecule has 1 unspecified atom stereocenters. The van der Waals surface area contributed by atoms with Gasteiger partial charge in [0.05, 0.1) is 5.02 Å². The third-order valence-corrected chi connectivity index (χ3v) is 3.19. The Kier molecular flexibility index (Phi) is 5.21. The van der Waals surface area contributed by atoms with E-state index in [0.29, 0.717) is 11.6 Å². The van der Waals surface area contributed by atoms with Crippen molar-refractivity contribution in [2.24, 2.45) is 5.73 Å². The minimum Gasteiger partial charge on any atom is -0.382 e. The number of carbonyl (C=O) groups excluding carboxylic acids is 1. The number of benzene rings is 1. The van der Waals surface area contributed by atoms with Gasteiger partial charge in [-0.05, 0) is 33.6 Å². The third-order valence-electron chi connectivity index (χ3n) is 1.98. The van der Waals surface area contributed by atoms with Gasteiger partial charge >= 0.3 is 0 Å². The summed E-state index contributed by atoms with van der Waals surface area (Å²) in [5.41, 5.74) is 5.90. The number of amides is 1. The Morgan fingerprint density at radius 1 is 1.62 bits per heavy atom. The zero-order chi connectivity index (χ0) is 12.1. The van der Waals surface area contributed by atoms with Gasteiger partial charge in [0.25, 0.3) is 0 Å². The Balaban J connectivity index is 2.43. The molecule has 6 heteroatoms. The second-order valence-electron chi connectivity index (χ2n) is 3.30. The Morgan fingerprint density at radius 2 is 2.31 bits per heavy atom. The predicted molar refractivity (Wildman–Crippen MR) is 66.1 cm³/mol. The van der Waals surface area contributed by atoms with E-state index in [1.165, 1.54) is 0 Å². The van der Waals surface area contributed by atoms with E-state index in [4.69, 9.17) is 22.4 Å². The summed E-state index contributed by atoms with van der Waals surface area (Å²) in [5.74, 6) is -0.732. The van der Waals surface area contributed by atoms with Crippen molar-refractivity contribution >= 4 is 33.4 Å². The maximum absolute atomic E-state index is 10.5. The Hall–Kier alpha value is -0.620. The van der Waals surface area contributed by atoms with Gasteiger partial charge in [-0.25, -0.2) is 0 Å². The minimum absolute atomic E-state index is 0.135. The fraction of sp³-hybridized carbons (Fsp3) is 0.300. The van der Waals surface area contributed by atoms with Gasteiger partial charge < -0.3 is 16.2 Å². The van der Waals surface area contributed by atoms with Crippen molar-refractivity contribution in [1.82, 2.24) is 5.32 Å². The lowest BCUT2D eigenvalue weighted by atomic mass is 10.2. The number of rotatable bonds is 5. The van der Waals surface area contributed by atoms with E-state index in [0.717, 1.165) is 10.0 Å². The summed E-state index contributed by atoms with van der Waals surface area (Å²) >= 11 is 9.15. The van der Waals surface area contributed by atoms with Crippen molar-refractivity contribution in [2.45, 2.75) is 12.6 Å². The van der Waals surface area contributed by atoms with E-state index in [1.807, 2.05) is 12.1 Å². The van der Waals surface area contributed by atoms with Crippen LogP contribution in [-0.2, 0) is 11.3 Å². The summed E-state index contributed by atoms with van der Waals surface area (Å²) in [6.45, 7) is 0.662. The molecule has 1 atom stereocenters. The molecular formula is C10H12BrClN2O2. The van der Waals surface area contributed by atoms with Crippen LogP contribution in [-0.4, -0.2) is 23.7 Å². The lowest BCUT2D eigenvalue weighted by molar-refractivity contribution is -0.125. The summed E-state index contributed by atoms with van der Waals surface area (Å²) in [4.78, 5) is 10.5. The third kappa shape index (κ3) is 4.09. The van der Waals surface area contributed by atoms with Crippen molar-refractivity contribution in [3.8, 4) is 0 Å². The van der Waals surface area contributed by atoms with Gasteiger partial charge in [0.1, 0.15) is 6.10 Å². The highest BCUT2D eigenvalue weighted by Gasteiger charge is 2.09. The molecule has 16 heavy (non-hydrogen) atoms. The van der Waals surface area contributed by atoms with Gasteiger partial charge in [-0.15, -0.1) is 0 Å². The number of carbonyl (C=O) groups is 1. The molecule has 0 heterocycles. The molecule has 0 fully saturated rings. The summed E-state index contributed by atoms with van der Waals surface area (Å²) in [7, 11) is 0. The highest BCUT2D eigenvalue weighted by molar-refractivity contribution is 9.10. The van der Waals surface area contributed by atoms with Crippen LogP contribution >= 0.6 is 27.5 Å². The first-order chi connectivity index (χ1) is 7.50. The highest BCUT2D eigenvalue weighted by Crippen LogP contribution is 2.22. The smallest absolute Gasteiger partial charge is 0.247 e. The number of halogens is 2. The van der Waals surface area contributed by atoms with Crippen molar-refractivity contribution in [3.05, 3.63) is 33.3 Å². The first-order valence-corrected chi connectivity index (χ1v) is 5.80. The number of primary amides is 1. The molecule has 1 amide bonds. The van der Waals surface area contributed by atoms with Crippen molar-refractivity contribution in [1.29, 1.82) is 0 Å². The second-order valence-corrected chi connectivity index (χ2v) is 4.56. The Morgan fingerprint density at radius 3 is 2.88 bits per heavy atom. The van der Waals surface area contributed by atoms with Gasteiger partial charge in [0.2, 0.25) is 5.91 Å². The lowest BCUT2D eigenvalue weighted by Crippen LogP contribution is -2.37. The predicted octanol–water partition coefficient (Wildman–Crippen LogP) is 1.04. The molecule has 4 nitrogen and oxygen atoms in total. The van der Waals surface area contributed by atoms with Gasteiger partial charge in [0, 0.05) is 17.6 Å². The van der Waals surface area contributed by atoms with Gasteiger partial charge in [-0.2, -0.15) is 0 Å². The molecule has 0 bridgehead atoms. The number of aliphatic hydroxyl groups is 1. The van der Waals surface area contributed by atoms with Crippen LogP contribution in [0, 0.1) is 0 Å². The van der Waals surface area contributed by atoms with Crippen LogP contribution in [0.25, 0.3) is 0 Å². The van der Waals surface area contributed by atoms with E-state index in [-0.39, 0.29) is 6.54 Å². The summed E-state index contributed by atoms with van der Waals surface area (Å²) in [6, 6.07) is 5.50. The van der Waals surface area contributed by atoms with E-state index >= 15 is 0 Å². The molecule has 88 valence electrons. The Bertz CT molecular complexity index is 387. The van der Waals surface area contributed by atoms with Crippen molar-refractivity contribution < 1.29 is 9.90 Å². The zero-order valence-corrected chi connectivity index (χ0v) is 10.8. The molecule has 0 saturated carbocycles. The lowest BCUT2D eigenvalue weighted by Gasteiger charge is -2.08. The first kappa shape index (κ1) is 13.4. The van der Waals surface area contributed by atoms with Gasteiger partial charge in [-0.3, -0.25) is 4.79 Å². The van der Waals surface area contributed by atoms with Crippen LogP contribution in [0.5, 0.6) is 0 Å². The molecule has 0 aliphatic heterocycles. The van der Waals surface area contributed by atoms with E-state index in [2.05, 4.69) is 21.2 Å². The number of hydrogen-bond acceptors (Lipinski definition) is 3. The van der Waals surface area contributed by atoms with Crippen LogP contribution in [0.4, 0.5) is 0 Å². The largest absolute Gasteiger partial charge is 0.382 e. The van der Waals surface area contributed by atoms with Crippen LogP contribution in [0.3, 0.4) is 0 Å². The Labute approximate surface area is 107 Å². The maximum Gasteiger partial charge on any atom is 0.247 e. The molecule has 1 aromatic rings. The summed E-state index contributed by atoms with van der Waals surface area (Å²) in [5, 5.41) is 12.7. The number of nitrogens with two attached hydrogens (primary N) is 1. The fourth-order valence-corrected chi connectivity index (χ4v) is 1.65. The van der Waals surface area contributed by atoms with Crippen molar-refractivity contribution in [3.63, 3.8) is 0 Å². The van der Waals surface area contributed by atoms with Crippen LogP contribution < -0.4 is 11.1 Å². The van der Waals surface area contributed by atoms with Crippen molar-refractivity contribution in [2.75, 3.05) is 6.54 Å². The van der Waals surface area contributed by atoms with E-state index in [9.17, 15) is 4.79 Å². The highest BCUT2D eigenvalue weighted by atomic mass is 79.9. The number of hydrogen-bond donors (Lipinski definition) is 3. The van der Waals surface area contributed by atoms with Gasteiger partial charge in [0.15, 0.2) is 0 Å². The number of aliphatic hydroxyl groups excluding tert-OH is 1. The summed E-state index contributed by atoms with van der Waals surface area (Å²) < 4.78 is 0.809.